The summed E-state index contributed by atoms with van der Waals surface area (Å²) in [6.07, 6.45) is 2.77. The van der Waals surface area contributed by atoms with Crippen molar-refractivity contribution in [3.05, 3.63) is 12.2 Å². The highest BCUT2D eigenvalue weighted by Gasteiger charge is 2.46. The lowest BCUT2D eigenvalue weighted by molar-refractivity contribution is 0.247. The smallest absolute Gasteiger partial charge is 0.0146 e. The fourth-order valence-electron chi connectivity index (χ4n) is 3.00. The third-order valence-electron chi connectivity index (χ3n) is 3.52. The predicted molar refractivity (Wildman–Crippen MR) is 43.7 cm³/mol. The molecule has 0 nitrogen and oxygen atoms in total. The molecule has 2 rings (SSSR count). The van der Waals surface area contributed by atoms with Gasteiger partial charge in [-0.25, -0.2) is 0 Å². The molecule has 0 spiro atoms. The summed E-state index contributed by atoms with van der Waals surface area (Å²) >= 11 is 0. The number of rotatable bonds is 0. The Labute approximate surface area is 63.3 Å². The Morgan fingerprint density at radius 3 is 2.40 bits per heavy atom. The van der Waals surface area contributed by atoms with Gasteiger partial charge in [-0.3, -0.25) is 0 Å². The summed E-state index contributed by atoms with van der Waals surface area (Å²) < 4.78 is 0. The number of hydrogen-bond donors (Lipinski definition) is 0. The van der Waals surface area contributed by atoms with Crippen molar-refractivity contribution in [1.82, 2.24) is 0 Å². The zero-order chi connectivity index (χ0) is 7.30. The summed E-state index contributed by atoms with van der Waals surface area (Å²) in [6.45, 7) is 8.86. The summed E-state index contributed by atoms with van der Waals surface area (Å²) in [6, 6.07) is 0. The average molecular weight is 136 g/mol. The number of fused-ring (bicyclic) bond motifs is 1. The molecule has 56 valence electrons. The van der Waals surface area contributed by atoms with Gasteiger partial charge >= 0.3 is 0 Å². The van der Waals surface area contributed by atoms with E-state index in [9.17, 15) is 0 Å². The minimum Gasteiger partial charge on any atom is -0.0995 e. The third kappa shape index (κ3) is 0.624. The van der Waals surface area contributed by atoms with E-state index in [-0.39, 0.29) is 0 Å². The molecule has 0 amide bonds. The maximum Gasteiger partial charge on any atom is -0.0146 e. The fourth-order valence-corrected chi connectivity index (χ4v) is 3.00. The van der Waals surface area contributed by atoms with Crippen molar-refractivity contribution in [3.63, 3.8) is 0 Å². The van der Waals surface area contributed by atoms with Crippen molar-refractivity contribution in [2.45, 2.75) is 26.7 Å². The molecular weight excluding hydrogens is 120 g/mol. The Morgan fingerprint density at radius 2 is 2.00 bits per heavy atom. The van der Waals surface area contributed by atoms with Gasteiger partial charge in [0.15, 0.2) is 0 Å². The molecule has 0 heteroatoms. The van der Waals surface area contributed by atoms with Gasteiger partial charge in [0.25, 0.3) is 0 Å². The summed E-state index contributed by atoms with van der Waals surface area (Å²) in [5.41, 5.74) is 1.53. The summed E-state index contributed by atoms with van der Waals surface area (Å²) in [5, 5.41) is 0. The van der Waals surface area contributed by atoms with E-state index < -0.39 is 0 Å². The van der Waals surface area contributed by atoms with E-state index >= 15 is 0 Å². The van der Waals surface area contributed by atoms with E-state index in [1.54, 1.807) is 0 Å². The Morgan fingerprint density at radius 1 is 1.30 bits per heavy atom. The molecular formula is C10H16. The van der Waals surface area contributed by atoms with Crippen LogP contribution in [0.25, 0.3) is 0 Å². The first-order chi connectivity index (χ1) is 4.70. The van der Waals surface area contributed by atoms with Gasteiger partial charge in [-0.15, -0.1) is 0 Å². The highest BCUT2D eigenvalue weighted by molar-refractivity contribution is 5.19. The van der Waals surface area contributed by atoms with Crippen LogP contribution >= 0.6 is 0 Å². The summed E-state index contributed by atoms with van der Waals surface area (Å²) in [5.74, 6) is 3.84. The van der Waals surface area contributed by atoms with E-state index in [0.29, 0.717) is 0 Å². The van der Waals surface area contributed by atoms with Crippen molar-refractivity contribution >= 4 is 0 Å². The van der Waals surface area contributed by atoms with Crippen LogP contribution < -0.4 is 0 Å². The zero-order valence-corrected chi connectivity index (χ0v) is 6.93. The molecule has 0 aliphatic heterocycles. The first kappa shape index (κ1) is 6.45. The van der Waals surface area contributed by atoms with Crippen LogP contribution in [0.2, 0.25) is 0 Å². The van der Waals surface area contributed by atoms with Gasteiger partial charge in [0.1, 0.15) is 0 Å². The molecule has 4 atom stereocenters. The van der Waals surface area contributed by atoms with Gasteiger partial charge in [0.2, 0.25) is 0 Å². The second-order valence-electron chi connectivity index (χ2n) is 4.24. The minimum absolute atomic E-state index is 0.912. The molecule has 2 aliphatic carbocycles. The van der Waals surface area contributed by atoms with Gasteiger partial charge in [0.05, 0.1) is 0 Å². The Balaban J connectivity index is 2.16. The lowest BCUT2D eigenvalue weighted by Crippen LogP contribution is -2.28. The monoisotopic (exact) mass is 136 g/mol. The Kier molecular flexibility index (Phi) is 1.21. The van der Waals surface area contributed by atoms with Crippen molar-refractivity contribution in [3.8, 4) is 0 Å². The molecule has 10 heavy (non-hydrogen) atoms. The first-order valence-corrected chi connectivity index (χ1v) is 4.38. The lowest BCUT2D eigenvalue weighted by atomic mass is 9.67. The molecule has 0 aromatic heterocycles. The Bertz CT molecular complexity index is 169. The standard InChI is InChI=1S/C10H16/c1-6-4-7(2)10-8(3)5-9(6)10/h6-7,9-10H,3-5H2,1-2H3. The van der Waals surface area contributed by atoms with Gasteiger partial charge in [-0.1, -0.05) is 26.0 Å². The third-order valence-corrected chi connectivity index (χ3v) is 3.52. The van der Waals surface area contributed by atoms with Gasteiger partial charge < -0.3 is 0 Å². The van der Waals surface area contributed by atoms with Gasteiger partial charge in [0, 0.05) is 0 Å². The maximum absolute atomic E-state index is 4.09. The molecule has 2 fully saturated rings. The van der Waals surface area contributed by atoms with Crippen molar-refractivity contribution in [2.24, 2.45) is 23.7 Å². The highest BCUT2D eigenvalue weighted by Crippen LogP contribution is 2.55. The maximum atomic E-state index is 4.09. The van der Waals surface area contributed by atoms with Crippen LogP contribution in [0, 0.1) is 23.7 Å². The molecule has 0 aromatic rings. The van der Waals surface area contributed by atoms with Crippen molar-refractivity contribution in [2.75, 3.05) is 0 Å². The lowest BCUT2D eigenvalue weighted by Gasteiger charge is -2.37. The molecule has 0 radical (unpaired) electrons. The summed E-state index contributed by atoms with van der Waals surface area (Å²) in [7, 11) is 0. The zero-order valence-electron chi connectivity index (χ0n) is 6.93. The molecule has 0 N–H and O–H groups in total. The van der Waals surface area contributed by atoms with E-state index in [1.165, 1.54) is 18.4 Å². The van der Waals surface area contributed by atoms with Gasteiger partial charge in [-0.05, 0) is 36.5 Å². The largest absolute Gasteiger partial charge is 0.0995 e. The van der Waals surface area contributed by atoms with Crippen molar-refractivity contribution in [1.29, 1.82) is 0 Å². The number of allylic oxidation sites excluding steroid dienone is 1. The van der Waals surface area contributed by atoms with Crippen LogP contribution in [-0.2, 0) is 0 Å². The Hall–Kier alpha value is -0.260. The first-order valence-electron chi connectivity index (χ1n) is 4.38. The molecule has 4 unspecified atom stereocenters. The topological polar surface area (TPSA) is 0 Å². The fraction of sp³-hybridized carbons (Fsp3) is 0.800. The van der Waals surface area contributed by atoms with E-state index in [2.05, 4.69) is 20.4 Å². The van der Waals surface area contributed by atoms with E-state index in [0.717, 1.165) is 23.7 Å². The van der Waals surface area contributed by atoms with Crippen LogP contribution in [0.3, 0.4) is 0 Å². The second-order valence-corrected chi connectivity index (χ2v) is 4.24. The SMILES string of the molecule is C=C1CC2C(C)CC(C)C12. The van der Waals surface area contributed by atoms with Crippen LogP contribution in [0.1, 0.15) is 26.7 Å². The van der Waals surface area contributed by atoms with Crippen LogP contribution in [0.5, 0.6) is 0 Å². The van der Waals surface area contributed by atoms with Gasteiger partial charge in [-0.2, -0.15) is 0 Å². The molecule has 2 aliphatic rings. The number of hydrogen-bond acceptors (Lipinski definition) is 0. The van der Waals surface area contributed by atoms with Crippen LogP contribution in [0.4, 0.5) is 0 Å². The second kappa shape index (κ2) is 1.87. The normalized spacial score (nSPS) is 52.4. The summed E-state index contributed by atoms with van der Waals surface area (Å²) in [4.78, 5) is 0. The molecule has 2 saturated carbocycles. The van der Waals surface area contributed by atoms with Crippen molar-refractivity contribution < 1.29 is 0 Å². The molecule has 0 heterocycles. The van der Waals surface area contributed by atoms with Crippen LogP contribution in [-0.4, -0.2) is 0 Å². The quantitative estimate of drug-likeness (QED) is 0.449. The van der Waals surface area contributed by atoms with E-state index in [1.807, 2.05) is 0 Å². The van der Waals surface area contributed by atoms with Crippen LogP contribution in [0.15, 0.2) is 12.2 Å². The molecule has 0 aromatic carbocycles. The highest BCUT2D eigenvalue weighted by atomic mass is 14.5. The molecule has 0 saturated heterocycles. The van der Waals surface area contributed by atoms with E-state index in [4.69, 9.17) is 0 Å². The minimum atomic E-state index is 0.912. The predicted octanol–water partition coefficient (Wildman–Crippen LogP) is 2.85. The average Bonchev–Trinajstić information content (AvgIpc) is 2.01. The molecule has 0 bridgehead atoms.